The maximum atomic E-state index is 12.0. The van der Waals surface area contributed by atoms with Crippen molar-refractivity contribution < 1.29 is 8.42 Å². The highest BCUT2D eigenvalue weighted by molar-refractivity contribution is 7.89. The first-order valence-corrected chi connectivity index (χ1v) is 7.30. The van der Waals surface area contributed by atoms with Crippen molar-refractivity contribution in [2.75, 3.05) is 6.54 Å². The summed E-state index contributed by atoms with van der Waals surface area (Å²) in [4.78, 5) is 0.357. The van der Waals surface area contributed by atoms with Gasteiger partial charge in [-0.05, 0) is 42.9 Å². The predicted molar refractivity (Wildman–Crippen MR) is 67.0 cm³/mol. The standard InChI is InChI=1S/C12H18N2O2S/c1-9-6-11(7-13)4-5-12(9)17(15,16)14-8-10-2-3-10/h4-6,10,14H,2-3,7-8,13H2,1H3. The summed E-state index contributed by atoms with van der Waals surface area (Å²) in [6, 6.07) is 5.22. The van der Waals surface area contributed by atoms with Crippen molar-refractivity contribution >= 4 is 10.0 Å². The molecule has 1 aromatic rings. The molecule has 0 amide bonds. The molecular weight excluding hydrogens is 236 g/mol. The Bertz CT molecular complexity index is 507. The number of aryl methyl sites for hydroxylation is 1. The average molecular weight is 254 g/mol. The van der Waals surface area contributed by atoms with Crippen LogP contribution in [0.1, 0.15) is 24.0 Å². The van der Waals surface area contributed by atoms with E-state index in [2.05, 4.69) is 4.72 Å². The predicted octanol–water partition coefficient (Wildman–Crippen LogP) is 1.14. The minimum absolute atomic E-state index is 0.357. The molecule has 4 nitrogen and oxygen atoms in total. The van der Waals surface area contributed by atoms with Crippen molar-refractivity contribution in [3.63, 3.8) is 0 Å². The zero-order chi connectivity index (χ0) is 12.5. The van der Waals surface area contributed by atoms with Crippen LogP contribution in [0.25, 0.3) is 0 Å². The lowest BCUT2D eigenvalue weighted by Crippen LogP contribution is -2.26. The highest BCUT2D eigenvalue weighted by Gasteiger charge is 2.24. The molecule has 2 rings (SSSR count). The quantitative estimate of drug-likeness (QED) is 0.827. The smallest absolute Gasteiger partial charge is 0.240 e. The number of nitrogens with two attached hydrogens (primary N) is 1. The zero-order valence-electron chi connectivity index (χ0n) is 9.94. The first kappa shape index (κ1) is 12.5. The molecule has 94 valence electrons. The van der Waals surface area contributed by atoms with Crippen LogP contribution in [0.5, 0.6) is 0 Å². The Morgan fingerprint density at radius 2 is 2.12 bits per heavy atom. The van der Waals surface area contributed by atoms with Gasteiger partial charge in [0.1, 0.15) is 0 Å². The monoisotopic (exact) mass is 254 g/mol. The summed E-state index contributed by atoms with van der Waals surface area (Å²) in [6.07, 6.45) is 2.27. The van der Waals surface area contributed by atoms with E-state index in [4.69, 9.17) is 5.73 Å². The van der Waals surface area contributed by atoms with Gasteiger partial charge in [0.25, 0.3) is 0 Å². The van der Waals surface area contributed by atoms with Crippen LogP contribution in [-0.4, -0.2) is 15.0 Å². The van der Waals surface area contributed by atoms with E-state index in [-0.39, 0.29) is 0 Å². The second-order valence-electron chi connectivity index (χ2n) is 4.60. The SMILES string of the molecule is Cc1cc(CN)ccc1S(=O)(=O)NCC1CC1. The maximum Gasteiger partial charge on any atom is 0.240 e. The third kappa shape index (κ3) is 3.06. The van der Waals surface area contributed by atoms with Crippen LogP contribution in [0, 0.1) is 12.8 Å². The van der Waals surface area contributed by atoms with Crippen LogP contribution >= 0.6 is 0 Å². The largest absolute Gasteiger partial charge is 0.326 e. The van der Waals surface area contributed by atoms with Gasteiger partial charge < -0.3 is 5.73 Å². The minimum atomic E-state index is -3.36. The summed E-state index contributed by atoms with van der Waals surface area (Å²) in [7, 11) is -3.36. The van der Waals surface area contributed by atoms with Gasteiger partial charge in [0.15, 0.2) is 0 Å². The van der Waals surface area contributed by atoms with Gasteiger partial charge in [-0.2, -0.15) is 0 Å². The lowest BCUT2D eigenvalue weighted by atomic mass is 10.1. The summed E-state index contributed by atoms with van der Waals surface area (Å²) in [5, 5.41) is 0. The fourth-order valence-corrected chi connectivity index (χ4v) is 3.11. The van der Waals surface area contributed by atoms with Gasteiger partial charge in [0, 0.05) is 13.1 Å². The van der Waals surface area contributed by atoms with Gasteiger partial charge in [-0.25, -0.2) is 13.1 Å². The molecule has 0 heterocycles. The second-order valence-corrected chi connectivity index (χ2v) is 6.33. The molecule has 1 saturated carbocycles. The van der Waals surface area contributed by atoms with Crippen molar-refractivity contribution in [3.05, 3.63) is 29.3 Å². The Morgan fingerprint density at radius 1 is 1.41 bits per heavy atom. The number of nitrogens with one attached hydrogen (secondary N) is 1. The van der Waals surface area contributed by atoms with Crippen LogP contribution in [0.2, 0.25) is 0 Å². The third-order valence-corrected chi connectivity index (χ3v) is 4.61. The van der Waals surface area contributed by atoms with E-state index in [1.54, 1.807) is 19.1 Å². The third-order valence-electron chi connectivity index (χ3n) is 3.02. The number of hydrogen-bond acceptors (Lipinski definition) is 3. The molecule has 0 aliphatic heterocycles. The molecule has 3 N–H and O–H groups in total. The second kappa shape index (κ2) is 4.76. The average Bonchev–Trinajstić information content (AvgIpc) is 3.09. The van der Waals surface area contributed by atoms with Gasteiger partial charge >= 0.3 is 0 Å². The molecule has 0 spiro atoms. The van der Waals surface area contributed by atoms with Gasteiger partial charge in [0.05, 0.1) is 4.90 Å². The highest BCUT2D eigenvalue weighted by Crippen LogP contribution is 2.28. The summed E-state index contributed by atoms with van der Waals surface area (Å²) >= 11 is 0. The van der Waals surface area contributed by atoms with Crippen LogP contribution in [0.4, 0.5) is 0 Å². The summed E-state index contributed by atoms with van der Waals surface area (Å²) in [5.74, 6) is 0.536. The number of hydrogen-bond donors (Lipinski definition) is 2. The van der Waals surface area contributed by atoms with Crippen LogP contribution in [0.15, 0.2) is 23.1 Å². The van der Waals surface area contributed by atoms with E-state index >= 15 is 0 Å². The molecule has 17 heavy (non-hydrogen) atoms. The van der Waals surface area contributed by atoms with Crippen molar-refractivity contribution in [2.45, 2.75) is 31.2 Å². The molecule has 0 atom stereocenters. The molecule has 0 aromatic heterocycles. The van der Waals surface area contributed by atoms with E-state index in [9.17, 15) is 8.42 Å². The van der Waals surface area contributed by atoms with E-state index in [0.29, 0.717) is 23.9 Å². The molecule has 1 aliphatic carbocycles. The zero-order valence-corrected chi connectivity index (χ0v) is 10.8. The number of sulfonamides is 1. The Morgan fingerprint density at radius 3 is 2.65 bits per heavy atom. The summed E-state index contributed by atoms with van der Waals surface area (Å²) < 4.78 is 26.7. The molecule has 0 unspecified atom stereocenters. The normalized spacial score (nSPS) is 16.1. The Labute approximate surface area is 102 Å². The maximum absolute atomic E-state index is 12.0. The first-order valence-electron chi connectivity index (χ1n) is 5.82. The Kier molecular flexibility index (Phi) is 3.51. The fraction of sp³-hybridized carbons (Fsp3) is 0.500. The molecule has 1 fully saturated rings. The van der Waals surface area contributed by atoms with E-state index in [0.717, 1.165) is 24.0 Å². The molecule has 5 heteroatoms. The molecule has 0 saturated heterocycles. The lowest BCUT2D eigenvalue weighted by molar-refractivity contribution is 0.577. The molecular formula is C12H18N2O2S. The minimum Gasteiger partial charge on any atom is -0.326 e. The molecule has 0 radical (unpaired) electrons. The summed E-state index contributed by atoms with van der Waals surface area (Å²) in [6.45, 7) is 2.78. The van der Waals surface area contributed by atoms with Crippen molar-refractivity contribution in [1.29, 1.82) is 0 Å². The van der Waals surface area contributed by atoms with Gasteiger partial charge in [-0.1, -0.05) is 12.1 Å². The van der Waals surface area contributed by atoms with Crippen molar-refractivity contribution in [1.82, 2.24) is 4.72 Å². The van der Waals surface area contributed by atoms with E-state index in [1.807, 2.05) is 6.07 Å². The number of benzene rings is 1. The van der Waals surface area contributed by atoms with Crippen molar-refractivity contribution in [2.24, 2.45) is 11.7 Å². The van der Waals surface area contributed by atoms with Crippen LogP contribution in [0.3, 0.4) is 0 Å². The lowest BCUT2D eigenvalue weighted by Gasteiger charge is -2.10. The Balaban J connectivity index is 2.19. The van der Waals surface area contributed by atoms with Crippen LogP contribution < -0.4 is 10.5 Å². The fourth-order valence-electron chi connectivity index (χ4n) is 1.77. The van der Waals surface area contributed by atoms with Crippen LogP contribution in [-0.2, 0) is 16.6 Å². The molecule has 1 aromatic carbocycles. The molecule has 1 aliphatic rings. The van der Waals surface area contributed by atoms with Crippen molar-refractivity contribution in [3.8, 4) is 0 Å². The van der Waals surface area contributed by atoms with Gasteiger partial charge in [-0.15, -0.1) is 0 Å². The number of rotatable bonds is 5. The van der Waals surface area contributed by atoms with Gasteiger partial charge in [-0.3, -0.25) is 0 Å². The first-order chi connectivity index (χ1) is 8.03. The van der Waals surface area contributed by atoms with E-state index < -0.39 is 10.0 Å². The topological polar surface area (TPSA) is 72.2 Å². The molecule has 0 bridgehead atoms. The summed E-state index contributed by atoms with van der Waals surface area (Å²) in [5.41, 5.74) is 7.21. The van der Waals surface area contributed by atoms with Gasteiger partial charge in [0.2, 0.25) is 10.0 Å². The van der Waals surface area contributed by atoms with E-state index in [1.165, 1.54) is 0 Å². The Hall–Kier alpha value is -0.910. The highest BCUT2D eigenvalue weighted by atomic mass is 32.2.